The van der Waals surface area contributed by atoms with Crippen molar-refractivity contribution in [2.45, 2.75) is 6.04 Å². The third-order valence-electron chi connectivity index (χ3n) is 3.48. The minimum Gasteiger partial charge on any atom is -0.317 e. The number of nitrogens with zero attached hydrogens (tertiary/aromatic N) is 4. The van der Waals surface area contributed by atoms with Crippen molar-refractivity contribution in [1.29, 1.82) is 0 Å². The molecule has 3 heterocycles. The quantitative estimate of drug-likeness (QED) is 0.707. The van der Waals surface area contributed by atoms with E-state index in [0.29, 0.717) is 16.2 Å². The zero-order chi connectivity index (χ0) is 16.1. The van der Waals surface area contributed by atoms with Crippen molar-refractivity contribution in [2.24, 2.45) is 7.05 Å². The van der Waals surface area contributed by atoms with Gasteiger partial charge in [0, 0.05) is 31.5 Å². The Labute approximate surface area is 125 Å². The largest absolute Gasteiger partial charge is 0.418 e. The number of hydrogen-bond donors (Lipinski definition) is 1. The van der Waals surface area contributed by atoms with Crippen molar-refractivity contribution < 1.29 is 22.0 Å². The van der Waals surface area contributed by atoms with Crippen LogP contribution in [0.5, 0.6) is 0 Å². The Morgan fingerprint density at radius 3 is 2.77 bits per heavy atom. The predicted molar refractivity (Wildman–Crippen MR) is 72.7 cm³/mol. The van der Waals surface area contributed by atoms with Crippen LogP contribution in [0.2, 0.25) is 0 Å². The Kier molecular flexibility index (Phi) is 3.27. The summed E-state index contributed by atoms with van der Waals surface area (Å²) in [5.74, 6) is 0. The molecular weight excluding hydrogens is 316 g/mol. The Bertz CT molecular complexity index is 829. The molecule has 1 aromatic rings. The number of carbonyl (C=O) groups excluding carboxylic acids is 1. The molecule has 118 valence electrons. The first kappa shape index (κ1) is 14.7. The number of urea groups is 1. The molecule has 1 N–H and O–H groups in total. The second kappa shape index (κ2) is 4.90. The number of amides is 2. The van der Waals surface area contributed by atoms with Gasteiger partial charge in [-0.25, -0.2) is 14.6 Å². The molecule has 0 aromatic carbocycles. The molecular formula is C11H12N4O6S. The average molecular weight is 328 g/mol. The fourth-order valence-corrected chi connectivity index (χ4v) is 2.88. The summed E-state index contributed by atoms with van der Waals surface area (Å²) in [6.45, 7) is 0.474. The van der Waals surface area contributed by atoms with Crippen molar-refractivity contribution in [3.63, 3.8) is 0 Å². The second-order valence-electron chi connectivity index (χ2n) is 4.93. The Morgan fingerprint density at radius 2 is 2.14 bits per heavy atom. The highest BCUT2D eigenvalue weighted by molar-refractivity contribution is 7.80. The minimum atomic E-state index is -4.82. The number of hydrogen-bond acceptors (Lipinski definition) is 6. The monoisotopic (exact) mass is 328 g/mol. The van der Waals surface area contributed by atoms with E-state index in [2.05, 4.69) is 9.27 Å². The fraction of sp³-hybridized carbons (Fsp3) is 0.364. The Morgan fingerprint density at radius 1 is 1.41 bits per heavy atom. The molecule has 1 saturated heterocycles. The van der Waals surface area contributed by atoms with E-state index in [4.69, 9.17) is 4.55 Å². The van der Waals surface area contributed by atoms with Gasteiger partial charge in [-0.3, -0.25) is 4.55 Å². The molecule has 1 unspecified atom stereocenters. The standard InChI is InChI=1S/C11H12N4O6S/c1-13-5-7(4-12-10(13)16)8-2-3-14-6-9(8)15(11(14)17)21-22(18,19)20/h2,4-5,9H,3,6H2,1H3,(H,18,19,20). The summed E-state index contributed by atoms with van der Waals surface area (Å²) in [5.41, 5.74) is 0.717. The van der Waals surface area contributed by atoms with Crippen LogP contribution in [-0.4, -0.2) is 57.6 Å². The molecule has 0 saturated carbocycles. The lowest BCUT2D eigenvalue weighted by atomic mass is 9.99. The van der Waals surface area contributed by atoms with E-state index in [1.54, 1.807) is 6.08 Å². The second-order valence-corrected chi connectivity index (χ2v) is 5.93. The van der Waals surface area contributed by atoms with Gasteiger partial charge < -0.3 is 9.47 Å². The number of fused-ring (bicyclic) bond motifs is 2. The van der Waals surface area contributed by atoms with Crippen LogP contribution < -0.4 is 5.69 Å². The number of rotatable bonds is 3. The van der Waals surface area contributed by atoms with Crippen LogP contribution in [0.1, 0.15) is 5.56 Å². The van der Waals surface area contributed by atoms with E-state index in [0.717, 1.165) is 0 Å². The summed E-state index contributed by atoms with van der Waals surface area (Å²) < 4.78 is 36.3. The third kappa shape index (κ3) is 2.49. The number of hydroxylamine groups is 2. The van der Waals surface area contributed by atoms with Gasteiger partial charge in [0.2, 0.25) is 0 Å². The van der Waals surface area contributed by atoms with Crippen LogP contribution in [0, 0.1) is 0 Å². The Balaban J connectivity index is 1.99. The van der Waals surface area contributed by atoms with E-state index >= 15 is 0 Å². The van der Waals surface area contributed by atoms with Gasteiger partial charge in [-0.2, -0.15) is 13.5 Å². The highest BCUT2D eigenvalue weighted by Crippen LogP contribution is 2.32. The van der Waals surface area contributed by atoms with Crippen molar-refractivity contribution in [3.8, 4) is 0 Å². The maximum atomic E-state index is 12.0. The molecule has 1 atom stereocenters. The molecule has 10 nitrogen and oxygen atoms in total. The topological polar surface area (TPSA) is 122 Å². The smallest absolute Gasteiger partial charge is 0.317 e. The summed E-state index contributed by atoms with van der Waals surface area (Å²) in [4.78, 5) is 28.4. The maximum absolute atomic E-state index is 12.0. The molecule has 0 spiro atoms. The fourth-order valence-electron chi connectivity index (χ4n) is 2.51. The zero-order valence-corrected chi connectivity index (χ0v) is 12.2. The first-order valence-electron chi connectivity index (χ1n) is 6.24. The minimum absolute atomic E-state index is 0.211. The van der Waals surface area contributed by atoms with E-state index < -0.39 is 28.2 Å². The van der Waals surface area contributed by atoms with Gasteiger partial charge in [0.25, 0.3) is 0 Å². The van der Waals surface area contributed by atoms with Crippen molar-refractivity contribution in [3.05, 3.63) is 34.5 Å². The highest BCUT2D eigenvalue weighted by atomic mass is 32.3. The molecule has 2 aliphatic rings. The maximum Gasteiger partial charge on any atom is 0.418 e. The van der Waals surface area contributed by atoms with Crippen LogP contribution in [0.4, 0.5) is 4.79 Å². The van der Waals surface area contributed by atoms with Gasteiger partial charge in [-0.05, 0) is 5.57 Å². The summed E-state index contributed by atoms with van der Waals surface area (Å²) in [7, 11) is -3.29. The molecule has 2 amide bonds. The van der Waals surface area contributed by atoms with Gasteiger partial charge in [-0.1, -0.05) is 6.08 Å². The van der Waals surface area contributed by atoms with Crippen molar-refractivity contribution in [2.75, 3.05) is 13.1 Å². The first-order valence-corrected chi connectivity index (χ1v) is 7.61. The average Bonchev–Trinajstić information content (AvgIpc) is 2.66. The SMILES string of the molecule is Cn1cc(C2=CCN3CC2N(OS(=O)(=O)O)C3=O)cnc1=O. The van der Waals surface area contributed by atoms with Crippen LogP contribution in [-0.2, 0) is 21.7 Å². The molecule has 3 rings (SSSR count). The summed E-state index contributed by atoms with van der Waals surface area (Å²) in [5, 5.41) is 0.610. The Hall–Kier alpha value is -2.24. The van der Waals surface area contributed by atoms with Crippen LogP contribution in [0.25, 0.3) is 5.57 Å². The molecule has 22 heavy (non-hydrogen) atoms. The van der Waals surface area contributed by atoms with Gasteiger partial charge in [0.05, 0.1) is 6.54 Å². The lowest BCUT2D eigenvalue weighted by molar-refractivity contribution is -0.0160. The highest BCUT2D eigenvalue weighted by Gasteiger charge is 2.45. The van der Waals surface area contributed by atoms with Crippen LogP contribution in [0.3, 0.4) is 0 Å². The van der Waals surface area contributed by atoms with Crippen molar-refractivity contribution >= 4 is 22.0 Å². The van der Waals surface area contributed by atoms with E-state index in [-0.39, 0.29) is 13.1 Å². The van der Waals surface area contributed by atoms with E-state index in [9.17, 15) is 18.0 Å². The summed E-state index contributed by atoms with van der Waals surface area (Å²) in [6, 6.07) is -1.38. The molecule has 1 fully saturated rings. The first-order chi connectivity index (χ1) is 10.3. The van der Waals surface area contributed by atoms with Gasteiger partial charge in [-0.15, -0.1) is 4.28 Å². The third-order valence-corrected chi connectivity index (χ3v) is 3.83. The normalized spacial score (nSPS) is 21.3. The van der Waals surface area contributed by atoms with Gasteiger partial charge >= 0.3 is 22.1 Å². The molecule has 1 aromatic heterocycles. The lowest BCUT2D eigenvalue weighted by Gasteiger charge is -2.23. The van der Waals surface area contributed by atoms with E-state index in [1.165, 1.54) is 28.9 Å². The molecule has 0 aliphatic carbocycles. The predicted octanol–water partition coefficient (Wildman–Crippen LogP) is -0.982. The number of aryl methyl sites for hydroxylation is 1. The van der Waals surface area contributed by atoms with E-state index in [1.807, 2.05) is 0 Å². The molecule has 2 bridgehead atoms. The summed E-state index contributed by atoms with van der Waals surface area (Å²) >= 11 is 0. The lowest BCUT2D eigenvalue weighted by Crippen LogP contribution is -2.36. The number of aromatic nitrogens is 2. The van der Waals surface area contributed by atoms with Crippen molar-refractivity contribution in [1.82, 2.24) is 19.5 Å². The molecule has 11 heteroatoms. The molecule has 2 aliphatic heterocycles. The zero-order valence-electron chi connectivity index (χ0n) is 11.4. The van der Waals surface area contributed by atoms with Crippen LogP contribution in [0.15, 0.2) is 23.3 Å². The summed E-state index contributed by atoms with van der Waals surface area (Å²) in [6.07, 6.45) is 4.60. The van der Waals surface area contributed by atoms with Gasteiger partial charge in [0.15, 0.2) is 0 Å². The number of carbonyl (C=O) groups is 1. The van der Waals surface area contributed by atoms with Crippen LogP contribution >= 0.6 is 0 Å². The van der Waals surface area contributed by atoms with Gasteiger partial charge in [0.1, 0.15) is 6.04 Å². The molecule has 0 radical (unpaired) electrons.